The molecule has 0 bridgehead atoms. The maximum atomic E-state index is 6.83. The number of benzene rings is 3. The second-order valence-corrected chi connectivity index (χ2v) is 8.71. The van der Waals surface area contributed by atoms with E-state index >= 15 is 0 Å². The Kier molecular flexibility index (Phi) is 5.43. The van der Waals surface area contributed by atoms with E-state index in [9.17, 15) is 0 Å². The molecule has 0 aromatic heterocycles. The average molecular weight is 399 g/mol. The summed E-state index contributed by atoms with van der Waals surface area (Å²) in [6.45, 7) is 4.42. The summed E-state index contributed by atoms with van der Waals surface area (Å²) < 4.78 is 6.83. The number of nitrogens with zero attached hydrogens (tertiary/aromatic N) is 2. The summed E-state index contributed by atoms with van der Waals surface area (Å²) in [5.41, 5.74) is 3.89. The van der Waals surface area contributed by atoms with Gasteiger partial charge < -0.3 is 4.74 Å². The van der Waals surface area contributed by atoms with Crippen molar-refractivity contribution in [2.45, 2.75) is 37.9 Å². The van der Waals surface area contributed by atoms with Gasteiger partial charge in [0.25, 0.3) is 0 Å². The van der Waals surface area contributed by atoms with Crippen LogP contribution in [0.4, 0.5) is 0 Å². The highest BCUT2D eigenvalue weighted by Gasteiger charge is 2.51. The van der Waals surface area contributed by atoms with Gasteiger partial charge in [0.2, 0.25) is 0 Å². The number of fused-ring (bicyclic) bond motifs is 1. The van der Waals surface area contributed by atoms with Crippen molar-refractivity contribution in [1.82, 2.24) is 9.80 Å². The van der Waals surface area contributed by atoms with Crippen LogP contribution in [0.3, 0.4) is 0 Å². The van der Waals surface area contributed by atoms with Gasteiger partial charge in [-0.15, -0.1) is 0 Å². The van der Waals surface area contributed by atoms with E-state index in [1.807, 2.05) is 0 Å². The minimum absolute atomic E-state index is 0.0308. The Morgan fingerprint density at radius 2 is 1.37 bits per heavy atom. The zero-order valence-electron chi connectivity index (χ0n) is 17.8. The van der Waals surface area contributed by atoms with E-state index in [0.717, 1.165) is 13.1 Å². The molecule has 0 aliphatic carbocycles. The first-order valence-electron chi connectivity index (χ1n) is 11.0. The zero-order chi connectivity index (χ0) is 20.5. The van der Waals surface area contributed by atoms with Crippen molar-refractivity contribution >= 4 is 0 Å². The van der Waals surface area contributed by atoms with Crippen LogP contribution >= 0.6 is 0 Å². The Labute approximate surface area is 179 Å². The van der Waals surface area contributed by atoms with Crippen LogP contribution in [0.2, 0.25) is 0 Å². The van der Waals surface area contributed by atoms with Gasteiger partial charge in [0.05, 0.1) is 6.10 Å². The predicted molar refractivity (Wildman–Crippen MR) is 121 cm³/mol. The summed E-state index contributed by atoms with van der Waals surface area (Å²) in [7, 11) is 2.24. The molecule has 0 amide bonds. The molecule has 0 spiro atoms. The minimum Gasteiger partial charge on any atom is -0.351 e. The molecule has 0 radical (unpaired) electrons. The van der Waals surface area contributed by atoms with E-state index in [0.29, 0.717) is 18.0 Å². The molecule has 3 aromatic rings. The number of hydrogen-bond donors (Lipinski definition) is 0. The van der Waals surface area contributed by atoms with Gasteiger partial charge >= 0.3 is 0 Å². The van der Waals surface area contributed by atoms with Crippen molar-refractivity contribution in [3.8, 4) is 0 Å². The Bertz CT molecular complexity index is 946. The number of likely N-dealkylation sites (N-methyl/N-ethyl adjacent to an activating group) is 1. The summed E-state index contributed by atoms with van der Waals surface area (Å²) in [5.74, 6) is 0.441. The molecule has 2 fully saturated rings. The molecule has 0 saturated carbocycles. The maximum Gasteiger partial charge on any atom is 0.137 e. The van der Waals surface area contributed by atoms with Crippen LogP contribution in [-0.2, 0) is 11.3 Å². The zero-order valence-corrected chi connectivity index (χ0v) is 17.8. The van der Waals surface area contributed by atoms with Gasteiger partial charge in [0.15, 0.2) is 0 Å². The van der Waals surface area contributed by atoms with Gasteiger partial charge in [-0.1, -0.05) is 91.0 Å². The van der Waals surface area contributed by atoms with E-state index in [1.54, 1.807) is 0 Å². The number of hydrogen-bond acceptors (Lipinski definition) is 3. The fourth-order valence-corrected chi connectivity index (χ4v) is 5.45. The van der Waals surface area contributed by atoms with Crippen molar-refractivity contribution < 1.29 is 4.74 Å². The molecule has 30 heavy (non-hydrogen) atoms. The van der Waals surface area contributed by atoms with Crippen LogP contribution in [-0.4, -0.2) is 35.5 Å². The molecule has 0 N–H and O–H groups in total. The second kappa shape index (κ2) is 8.35. The topological polar surface area (TPSA) is 15.7 Å². The lowest BCUT2D eigenvalue weighted by Crippen LogP contribution is -2.51. The Morgan fingerprint density at radius 1 is 0.800 bits per heavy atom. The maximum absolute atomic E-state index is 6.83. The average Bonchev–Trinajstić information content (AvgIpc) is 3.12. The molecule has 3 heteroatoms. The molecule has 5 rings (SSSR count). The molecule has 2 heterocycles. The summed E-state index contributed by atoms with van der Waals surface area (Å²) in [5, 5.41) is 0. The van der Waals surface area contributed by atoms with Crippen molar-refractivity contribution in [1.29, 1.82) is 0 Å². The first-order valence-corrected chi connectivity index (χ1v) is 11.0. The summed E-state index contributed by atoms with van der Waals surface area (Å²) >= 11 is 0. The fourth-order valence-electron chi connectivity index (χ4n) is 5.45. The quantitative estimate of drug-likeness (QED) is 0.595. The van der Waals surface area contributed by atoms with Crippen LogP contribution in [0, 0.1) is 5.92 Å². The van der Waals surface area contributed by atoms with Gasteiger partial charge in [-0.05, 0) is 30.7 Å². The highest BCUT2D eigenvalue weighted by atomic mass is 16.5. The molecule has 0 unspecified atom stereocenters. The second-order valence-electron chi connectivity index (χ2n) is 8.71. The van der Waals surface area contributed by atoms with E-state index in [4.69, 9.17) is 4.74 Å². The van der Waals surface area contributed by atoms with E-state index in [1.165, 1.54) is 16.7 Å². The molecule has 2 aliphatic heterocycles. The van der Waals surface area contributed by atoms with Crippen molar-refractivity contribution in [3.05, 3.63) is 108 Å². The van der Waals surface area contributed by atoms with Gasteiger partial charge in [0.1, 0.15) is 6.23 Å². The minimum atomic E-state index is -0.0308. The van der Waals surface area contributed by atoms with Gasteiger partial charge in [-0.2, -0.15) is 0 Å². The van der Waals surface area contributed by atoms with Gasteiger partial charge in [-0.3, -0.25) is 9.80 Å². The highest BCUT2D eigenvalue weighted by molar-refractivity contribution is 5.25. The van der Waals surface area contributed by atoms with Gasteiger partial charge in [-0.25, -0.2) is 0 Å². The van der Waals surface area contributed by atoms with Crippen molar-refractivity contribution in [2.75, 3.05) is 13.6 Å². The first-order chi connectivity index (χ1) is 14.7. The van der Waals surface area contributed by atoms with E-state index < -0.39 is 0 Å². The van der Waals surface area contributed by atoms with E-state index in [-0.39, 0.29) is 12.3 Å². The van der Waals surface area contributed by atoms with Crippen molar-refractivity contribution in [3.63, 3.8) is 0 Å². The van der Waals surface area contributed by atoms with Crippen molar-refractivity contribution in [2.24, 2.45) is 5.92 Å². The SMILES string of the molecule is C[C@H]1[C@H]2[C@@H](CN1Cc1ccccc1)[C@H](c1ccccc1)O[C@@H](c1ccccc1)N2C. The van der Waals surface area contributed by atoms with Crippen LogP contribution in [0.5, 0.6) is 0 Å². The van der Waals surface area contributed by atoms with Crippen LogP contribution in [0.15, 0.2) is 91.0 Å². The Morgan fingerprint density at radius 3 is 2.00 bits per heavy atom. The summed E-state index contributed by atoms with van der Waals surface area (Å²) in [6, 6.07) is 33.2. The molecule has 2 aliphatic rings. The van der Waals surface area contributed by atoms with Crippen LogP contribution < -0.4 is 0 Å². The monoisotopic (exact) mass is 398 g/mol. The molecule has 154 valence electrons. The largest absolute Gasteiger partial charge is 0.351 e. The summed E-state index contributed by atoms with van der Waals surface area (Å²) in [4.78, 5) is 5.10. The standard InChI is InChI=1S/C27H30N2O/c1-20-25-24(19-29(20)18-21-12-6-3-7-13-21)26(22-14-8-4-9-15-22)30-27(28(25)2)23-16-10-5-11-17-23/h3-17,20,24-27H,18-19H2,1-2H3/t20-,24+,25-,26-,27-/m0/s1. The van der Waals surface area contributed by atoms with E-state index in [2.05, 4.69) is 115 Å². The molecule has 2 saturated heterocycles. The molecule has 5 atom stereocenters. The van der Waals surface area contributed by atoms with Crippen LogP contribution in [0.1, 0.15) is 35.9 Å². The number of likely N-dealkylation sites (tertiary alicyclic amines) is 1. The number of ether oxygens (including phenoxy) is 1. The third kappa shape index (κ3) is 3.58. The molecular formula is C27H30N2O. The highest BCUT2D eigenvalue weighted by Crippen LogP contribution is 2.47. The smallest absolute Gasteiger partial charge is 0.137 e. The lowest BCUT2D eigenvalue weighted by atomic mass is 9.86. The third-order valence-corrected chi connectivity index (χ3v) is 6.90. The normalized spacial score (nSPS) is 29.6. The molecule has 3 aromatic carbocycles. The lowest BCUT2D eigenvalue weighted by molar-refractivity contribution is -0.183. The third-order valence-electron chi connectivity index (χ3n) is 6.90. The van der Waals surface area contributed by atoms with Crippen LogP contribution in [0.25, 0.3) is 0 Å². The fraction of sp³-hybridized carbons (Fsp3) is 0.333. The van der Waals surface area contributed by atoms with Gasteiger partial charge in [0, 0.05) is 31.1 Å². The molecular weight excluding hydrogens is 368 g/mol. The first kappa shape index (κ1) is 19.5. The number of rotatable bonds is 4. The lowest BCUT2D eigenvalue weighted by Gasteiger charge is -2.47. The molecule has 3 nitrogen and oxygen atoms in total. The summed E-state index contributed by atoms with van der Waals surface area (Å²) in [6.07, 6.45) is 0.0672. The predicted octanol–water partition coefficient (Wildman–Crippen LogP) is 5.28. The Hall–Kier alpha value is -2.46. The Balaban J connectivity index is 1.49.